The number of aromatic nitrogens is 1. The van der Waals surface area contributed by atoms with Crippen molar-refractivity contribution in [1.29, 1.82) is 0 Å². The molecule has 2 rings (SSSR count). The van der Waals surface area contributed by atoms with E-state index in [9.17, 15) is 10.1 Å². The van der Waals surface area contributed by atoms with Gasteiger partial charge in [0, 0.05) is 22.8 Å². The van der Waals surface area contributed by atoms with Gasteiger partial charge in [-0.2, -0.15) is 0 Å². The van der Waals surface area contributed by atoms with Crippen LogP contribution in [0.1, 0.15) is 6.92 Å². The lowest BCUT2D eigenvalue weighted by Gasteiger charge is -2.09. The van der Waals surface area contributed by atoms with E-state index in [1.807, 2.05) is 6.92 Å². The van der Waals surface area contributed by atoms with Crippen molar-refractivity contribution >= 4 is 50.5 Å². The average molecular weight is 372 g/mol. The van der Waals surface area contributed by atoms with Crippen LogP contribution in [0.4, 0.5) is 23.0 Å². The summed E-state index contributed by atoms with van der Waals surface area (Å²) < 4.78 is 0.749. The highest BCUT2D eigenvalue weighted by Crippen LogP contribution is 2.30. The number of pyridine rings is 1. The van der Waals surface area contributed by atoms with Crippen LogP contribution in [-0.2, 0) is 0 Å². The second-order valence-electron chi connectivity index (χ2n) is 4.11. The predicted octanol–water partition coefficient (Wildman–Crippen LogP) is 4.58. The van der Waals surface area contributed by atoms with E-state index in [4.69, 9.17) is 11.6 Å². The number of benzene rings is 1. The molecule has 0 aliphatic heterocycles. The molecule has 0 amide bonds. The van der Waals surface area contributed by atoms with Crippen molar-refractivity contribution < 1.29 is 4.92 Å². The fourth-order valence-electron chi connectivity index (χ4n) is 1.68. The molecule has 0 unspecified atom stereocenters. The molecule has 0 bridgehead atoms. The molecule has 8 heteroatoms. The molecule has 2 N–H and O–H groups in total. The molecule has 110 valence electrons. The van der Waals surface area contributed by atoms with Gasteiger partial charge in [-0.05, 0) is 47.1 Å². The molecule has 0 saturated heterocycles. The molecule has 1 aromatic heterocycles. The number of hydrogen-bond donors (Lipinski definition) is 2. The Morgan fingerprint density at radius 2 is 2.14 bits per heavy atom. The van der Waals surface area contributed by atoms with Crippen molar-refractivity contribution in [3.63, 3.8) is 0 Å². The third kappa shape index (κ3) is 3.83. The zero-order chi connectivity index (χ0) is 15.4. The Labute approximate surface area is 134 Å². The third-order valence-corrected chi connectivity index (χ3v) is 3.84. The summed E-state index contributed by atoms with van der Waals surface area (Å²) in [7, 11) is 0. The van der Waals surface area contributed by atoms with Crippen LogP contribution in [-0.4, -0.2) is 16.5 Å². The first-order valence-corrected chi connectivity index (χ1v) is 7.29. The zero-order valence-electron chi connectivity index (χ0n) is 11.1. The zero-order valence-corrected chi connectivity index (χ0v) is 13.4. The van der Waals surface area contributed by atoms with Crippen LogP contribution in [0.2, 0.25) is 5.02 Å². The maximum atomic E-state index is 11.1. The van der Waals surface area contributed by atoms with Gasteiger partial charge in [0.1, 0.15) is 5.82 Å². The standard InChI is InChI=1S/C13H12BrClN4O2/c1-2-16-12-6-5-11(19(20)21)13(18-12)17-8-3-4-9(14)10(15)7-8/h3-7H,2H2,1H3,(H2,16,17,18). The first-order chi connectivity index (χ1) is 10.0. The molecule has 6 nitrogen and oxygen atoms in total. The van der Waals surface area contributed by atoms with Crippen LogP contribution >= 0.6 is 27.5 Å². The maximum absolute atomic E-state index is 11.1. The third-order valence-electron chi connectivity index (χ3n) is 2.61. The molecule has 0 atom stereocenters. The summed E-state index contributed by atoms with van der Waals surface area (Å²) in [5.41, 5.74) is 0.517. The molecule has 0 aliphatic rings. The Kier molecular flexibility index (Phi) is 4.98. The van der Waals surface area contributed by atoms with Gasteiger partial charge in [0.05, 0.1) is 9.95 Å². The molecule has 0 saturated carbocycles. The number of halogens is 2. The molecule has 21 heavy (non-hydrogen) atoms. The Bertz CT molecular complexity index is 681. The highest BCUT2D eigenvalue weighted by Gasteiger charge is 2.16. The van der Waals surface area contributed by atoms with Gasteiger partial charge in [-0.3, -0.25) is 10.1 Å². The number of hydrogen-bond acceptors (Lipinski definition) is 5. The van der Waals surface area contributed by atoms with Gasteiger partial charge in [-0.25, -0.2) is 4.98 Å². The largest absolute Gasteiger partial charge is 0.370 e. The highest BCUT2D eigenvalue weighted by atomic mass is 79.9. The van der Waals surface area contributed by atoms with E-state index >= 15 is 0 Å². The van der Waals surface area contributed by atoms with E-state index in [1.165, 1.54) is 6.07 Å². The minimum Gasteiger partial charge on any atom is -0.370 e. The number of nitro groups is 1. The molecule has 1 heterocycles. The quantitative estimate of drug-likeness (QED) is 0.594. The summed E-state index contributed by atoms with van der Waals surface area (Å²) in [6, 6.07) is 8.15. The van der Waals surface area contributed by atoms with Gasteiger partial charge in [0.25, 0.3) is 0 Å². The van der Waals surface area contributed by atoms with Gasteiger partial charge in [-0.1, -0.05) is 11.6 Å². The minimum atomic E-state index is -0.481. The van der Waals surface area contributed by atoms with Crippen LogP contribution in [0.5, 0.6) is 0 Å². The number of anilines is 3. The molecule has 0 aliphatic carbocycles. The summed E-state index contributed by atoms with van der Waals surface area (Å²) in [4.78, 5) is 14.8. The molecular weight excluding hydrogens is 360 g/mol. The van der Waals surface area contributed by atoms with Crippen molar-refractivity contribution in [1.82, 2.24) is 4.98 Å². The highest BCUT2D eigenvalue weighted by molar-refractivity contribution is 9.10. The second kappa shape index (κ2) is 6.73. The van der Waals surface area contributed by atoms with E-state index in [2.05, 4.69) is 31.5 Å². The molecule has 0 fully saturated rings. The molecule has 1 aromatic carbocycles. The Morgan fingerprint density at radius 3 is 2.76 bits per heavy atom. The molecule has 0 spiro atoms. The lowest BCUT2D eigenvalue weighted by Crippen LogP contribution is -2.04. The predicted molar refractivity (Wildman–Crippen MR) is 87.5 cm³/mol. The van der Waals surface area contributed by atoms with Crippen LogP contribution < -0.4 is 10.6 Å². The summed E-state index contributed by atoms with van der Waals surface area (Å²) in [5.74, 6) is 0.727. The topological polar surface area (TPSA) is 80.1 Å². The van der Waals surface area contributed by atoms with E-state index in [0.29, 0.717) is 23.1 Å². The van der Waals surface area contributed by atoms with Crippen molar-refractivity contribution in [3.8, 4) is 0 Å². The first kappa shape index (κ1) is 15.5. The Hall–Kier alpha value is -1.86. The van der Waals surface area contributed by atoms with Crippen LogP contribution in [0.3, 0.4) is 0 Å². The SMILES string of the molecule is CCNc1ccc([N+](=O)[O-])c(Nc2ccc(Br)c(Cl)c2)n1. The van der Waals surface area contributed by atoms with E-state index in [1.54, 1.807) is 24.3 Å². The normalized spacial score (nSPS) is 10.2. The fourth-order valence-corrected chi connectivity index (χ4v) is 2.11. The molecule has 2 aromatic rings. The van der Waals surface area contributed by atoms with Gasteiger partial charge in [0.15, 0.2) is 0 Å². The smallest absolute Gasteiger partial charge is 0.311 e. The Balaban J connectivity index is 2.37. The van der Waals surface area contributed by atoms with Crippen molar-refractivity contribution in [2.75, 3.05) is 17.2 Å². The van der Waals surface area contributed by atoms with Crippen LogP contribution in [0.15, 0.2) is 34.8 Å². The number of nitrogens with one attached hydrogen (secondary N) is 2. The van der Waals surface area contributed by atoms with E-state index < -0.39 is 4.92 Å². The summed E-state index contributed by atoms with van der Waals surface area (Å²) in [6.45, 7) is 2.60. The van der Waals surface area contributed by atoms with Gasteiger partial charge in [-0.15, -0.1) is 0 Å². The summed E-state index contributed by atoms with van der Waals surface area (Å²) in [5, 5.41) is 17.5. The minimum absolute atomic E-state index is 0.101. The monoisotopic (exact) mass is 370 g/mol. The Morgan fingerprint density at radius 1 is 1.38 bits per heavy atom. The van der Waals surface area contributed by atoms with E-state index in [0.717, 1.165) is 4.47 Å². The summed E-state index contributed by atoms with van der Waals surface area (Å²) >= 11 is 9.30. The summed E-state index contributed by atoms with van der Waals surface area (Å²) in [6.07, 6.45) is 0. The van der Waals surface area contributed by atoms with Crippen LogP contribution in [0.25, 0.3) is 0 Å². The van der Waals surface area contributed by atoms with Gasteiger partial charge >= 0.3 is 5.69 Å². The van der Waals surface area contributed by atoms with Crippen LogP contribution in [0, 0.1) is 10.1 Å². The van der Waals surface area contributed by atoms with Gasteiger partial charge < -0.3 is 10.6 Å². The second-order valence-corrected chi connectivity index (χ2v) is 5.37. The van der Waals surface area contributed by atoms with E-state index in [-0.39, 0.29) is 11.5 Å². The van der Waals surface area contributed by atoms with Crippen molar-refractivity contribution in [2.24, 2.45) is 0 Å². The fraction of sp³-hybridized carbons (Fsp3) is 0.154. The van der Waals surface area contributed by atoms with Crippen molar-refractivity contribution in [2.45, 2.75) is 6.92 Å². The maximum Gasteiger partial charge on any atom is 0.311 e. The lowest BCUT2D eigenvalue weighted by atomic mass is 10.3. The average Bonchev–Trinajstić information content (AvgIpc) is 2.43. The van der Waals surface area contributed by atoms with Crippen molar-refractivity contribution in [3.05, 3.63) is 49.9 Å². The van der Waals surface area contributed by atoms with Gasteiger partial charge in [0.2, 0.25) is 5.82 Å². The number of nitrogens with zero attached hydrogens (tertiary/aromatic N) is 2. The lowest BCUT2D eigenvalue weighted by molar-refractivity contribution is -0.384. The molecular formula is C13H12BrClN4O2. The first-order valence-electron chi connectivity index (χ1n) is 6.12. The number of rotatable bonds is 5. The molecule has 0 radical (unpaired) electrons.